The van der Waals surface area contributed by atoms with Crippen molar-refractivity contribution in [1.29, 1.82) is 0 Å². The molecule has 0 aliphatic heterocycles. The van der Waals surface area contributed by atoms with Crippen LogP contribution in [-0.4, -0.2) is 27.8 Å². The lowest BCUT2D eigenvalue weighted by Crippen LogP contribution is -2.42. The van der Waals surface area contributed by atoms with Crippen molar-refractivity contribution in [2.24, 2.45) is 0 Å². The Morgan fingerprint density at radius 1 is 1.08 bits per heavy atom. The predicted octanol–water partition coefficient (Wildman–Crippen LogP) is 3.78. The second-order valence-corrected chi connectivity index (χ2v) is 6.40. The summed E-state index contributed by atoms with van der Waals surface area (Å²) >= 11 is 0. The first kappa shape index (κ1) is 21.3. The molecule has 0 aromatic heterocycles. The van der Waals surface area contributed by atoms with Gasteiger partial charge in [0, 0.05) is 18.2 Å². The summed E-state index contributed by atoms with van der Waals surface area (Å²) in [6.45, 7) is 5.68. The molecule has 0 bridgehead atoms. The van der Waals surface area contributed by atoms with Gasteiger partial charge in [0.2, 0.25) is 5.91 Å². The van der Waals surface area contributed by atoms with Crippen molar-refractivity contribution >= 4 is 23.0 Å². The highest BCUT2D eigenvalue weighted by Gasteiger charge is 2.29. The maximum Gasteiger partial charge on any atom is 0.299 e. The predicted molar refractivity (Wildman–Crippen MR) is 99.2 cm³/mol. The third-order valence-electron chi connectivity index (χ3n) is 3.83. The van der Waals surface area contributed by atoms with Gasteiger partial charge in [-0.1, -0.05) is 32.6 Å². The van der Waals surface area contributed by atoms with E-state index in [1.54, 1.807) is 13.8 Å². The number of amides is 1. The third kappa shape index (κ3) is 6.30. The molecule has 1 aromatic carbocycles. The fourth-order valence-electron chi connectivity index (χ4n) is 2.58. The maximum absolute atomic E-state index is 12.5. The lowest BCUT2D eigenvalue weighted by Gasteiger charge is -2.20. The summed E-state index contributed by atoms with van der Waals surface area (Å²) in [5.41, 5.74) is -1.08. The van der Waals surface area contributed by atoms with Crippen LogP contribution in [0.1, 0.15) is 52.9 Å². The Morgan fingerprint density at radius 3 is 2.12 bits per heavy atom. The number of nitrogens with one attached hydrogen (secondary N) is 2. The molecule has 0 spiro atoms. The van der Waals surface area contributed by atoms with Crippen LogP contribution >= 0.6 is 0 Å². The van der Waals surface area contributed by atoms with Crippen molar-refractivity contribution in [3.05, 3.63) is 38.4 Å². The number of rotatable bonds is 11. The second-order valence-electron chi connectivity index (χ2n) is 6.40. The number of nitrogens with zero attached hydrogens (tertiary/aromatic N) is 2. The highest BCUT2D eigenvalue weighted by molar-refractivity contribution is 5.87. The summed E-state index contributed by atoms with van der Waals surface area (Å²) < 4.78 is 0. The molecular formula is C17H26N4O5. The second kappa shape index (κ2) is 10.3. The van der Waals surface area contributed by atoms with Crippen LogP contribution in [0.25, 0.3) is 0 Å². The van der Waals surface area contributed by atoms with Gasteiger partial charge in [-0.05, 0) is 26.3 Å². The number of anilines is 1. The first-order valence-corrected chi connectivity index (χ1v) is 8.76. The zero-order valence-corrected chi connectivity index (χ0v) is 15.4. The van der Waals surface area contributed by atoms with Crippen LogP contribution < -0.4 is 10.6 Å². The van der Waals surface area contributed by atoms with Crippen molar-refractivity contribution in [2.45, 2.75) is 65.0 Å². The van der Waals surface area contributed by atoms with Crippen LogP contribution in [0.3, 0.4) is 0 Å². The SMILES string of the molecule is CCCCCC[C@H](Nc1c([N+](=O)[O-])cccc1[N+](=O)[O-])C(=O)NC(C)C. The Morgan fingerprint density at radius 2 is 1.65 bits per heavy atom. The van der Waals surface area contributed by atoms with Crippen LogP contribution in [-0.2, 0) is 4.79 Å². The van der Waals surface area contributed by atoms with E-state index >= 15 is 0 Å². The lowest BCUT2D eigenvalue weighted by molar-refractivity contribution is -0.392. The number of benzene rings is 1. The number of carbonyl (C=O) groups excluding carboxylic acids is 1. The summed E-state index contributed by atoms with van der Waals surface area (Å²) in [5.74, 6) is -0.330. The van der Waals surface area contributed by atoms with Crippen molar-refractivity contribution in [1.82, 2.24) is 5.32 Å². The van der Waals surface area contributed by atoms with Gasteiger partial charge in [0.1, 0.15) is 6.04 Å². The molecule has 1 aromatic rings. The number of nitro groups is 2. The molecule has 0 aliphatic carbocycles. The molecular weight excluding hydrogens is 340 g/mol. The minimum Gasteiger partial charge on any atom is -0.362 e. The lowest BCUT2D eigenvalue weighted by atomic mass is 10.1. The van der Waals surface area contributed by atoms with Crippen LogP contribution in [0, 0.1) is 20.2 Å². The number of hydrogen-bond acceptors (Lipinski definition) is 6. The largest absolute Gasteiger partial charge is 0.362 e. The van der Waals surface area contributed by atoms with E-state index in [0.717, 1.165) is 25.7 Å². The Hall–Kier alpha value is -2.71. The van der Waals surface area contributed by atoms with E-state index in [-0.39, 0.29) is 17.6 Å². The van der Waals surface area contributed by atoms with Gasteiger partial charge < -0.3 is 10.6 Å². The number of hydrogen-bond donors (Lipinski definition) is 2. The van der Waals surface area contributed by atoms with Gasteiger partial charge in [0.25, 0.3) is 11.4 Å². The zero-order chi connectivity index (χ0) is 19.7. The summed E-state index contributed by atoms with van der Waals surface area (Å²) in [6.07, 6.45) is 4.14. The molecule has 144 valence electrons. The van der Waals surface area contributed by atoms with E-state index in [0.29, 0.717) is 6.42 Å². The van der Waals surface area contributed by atoms with Gasteiger partial charge in [0.15, 0.2) is 5.69 Å². The molecule has 2 N–H and O–H groups in total. The van der Waals surface area contributed by atoms with Crippen molar-refractivity contribution in [3.8, 4) is 0 Å². The monoisotopic (exact) mass is 366 g/mol. The minimum atomic E-state index is -0.783. The maximum atomic E-state index is 12.5. The molecule has 9 nitrogen and oxygen atoms in total. The van der Waals surface area contributed by atoms with Crippen LogP contribution in [0.15, 0.2) is 18.2 Å². The number of carbonyl (C=O) groups is 1. The zero-order valence-electron chi connectivity index (χ0n) is 15.4. The first-order chi connectivity index (χ1) is 12.3. The van der Waals surface area contributed by atoms with E-state index in [4.69, 9.17) is 0 Å². The number of nitro benzene ring substituents is 2. The Kier molecular flexibility index (Phi) is 8.47. The number of unbranched alkanes of at least 4 members (excludes halogenated alkanes) is 3. The molecule has 9 heteroatoms. The Labute approximate surface area is 152 Å². The Bertz CT molecular complexity index is 616. The number of para-hydroxylation sites is 1. The average molecular weight is 366 g/mol. The minimum absolute atomic E-state index is 0.108. The highest BCUT2D eigenvalue weighted by Crippen LogP contribution is 2.34. The normalized spacial score (nSPS) is 11.8. The van der Waals surface area contributed by atoms with Crippen molar-refractivity contribution in [2.75, 3.05) is 5.32 Å². The van der Waals surface area contributed by atoms with Crippen LogP contribution in [0.2, 0.25) is 0 Å². The molecule has 26 heavy (non-hydrogen) atoms. The van der Waals surface area contributed by atoms with E-state index in [2.05, 4.69) is 17.6 Å². The van der Waals surface area contributed by atoms with E-state index in [1.165, 1.54) is 18.2 Å². The first-order valence-electron chi connectivity index (χ1n) is 8.76. The third-order valence-corrected chi connectivity index (χ3v) is 3.83. The van der Waals surface area contributed by atoms with E-state index < -0.39 is 27.3 Å². The molecule has 0 unspecified atom stereocenters. The highest BCUT2D eigenvalue weighted by atomic mass is 16.6. The van der Waals surface area contributed by atoms with E-state index in [1.807, 2.05) is 0 Å². The molecule has 0 saturated heterocycles. The van der Waals surface area contributed by atoms with Gasteiger partial charge in [-0.2, -0.15) is 0 Å². The average Bonchev–Trinajstić information content (AvgIpc) is 2.56. The molecule has 0 saturated carbocycles. The standard InChI is InChI=1S/C17H26N4O5/c1-4-5-6-7-9-13(17(22)18-12(2)3)19-16-14(20(23)24)10-8-11-15(16)21(25)26/h8,10-13,19H,4-7,9H2,1-3H3,(H,18,22)/t13-/m0/s1. The summed E-state index contributed by atoms with van der Waals surface area (Å²) in [6, 6.07) is 2.73. The van der Waals surface area contributed by atoms with E-state index in [9.17, 15) is 25.0 Å². The van der Waals surface area contributed by atoms with Crippen molar-refractivity contribution < 1.29 is 14.6 Å². The van der Waals surface area contributed by atoms with Gasteiger partial charge in [-0.3, -0.25) is 25.0 Å². The molecule has 0 heterocycles. The van der Waals surface area contributed by atoms with Gasteiger partial charge in [0.05, 0.1) is 9.85 Å². The Balaban J connectivity index is 3.13. The van der Waals surface area contributed by atoms with Crippen molar-refractivity contribution in [3.63, 3.8) is 0 Å². The molecule has 0 fully saturated rings. The van der Waals surface area contributed by atoms with Gasteiger partial charge in [-0.15, -0.1) is 0 Å². The fourth-order valence-corrected chi connectivity index (χ4v) is 2.58. The van der Waals surface area contributed by atoms with Crippen LogP contribution in [0.5, 0.6) is 0 Å². The molecule has 0 radical (unpaired) electrons. The summed E-state index contributed by atoms with van der Waals surface area (Å²) in [5, 5.41) is 28.1. The molecule has 1 rings (SSSR count). The fraction of sp³-hybridized carbons (Fsp3) is 0.588. The quantitative estimate of drug-likeness (QED) is 0.348. The van der Waals surface area contributed by atoms with Gasteiger partial charge in [-0.25, -0.2) is 0 Å². The smallest absolute Gasteiger partial charge is 0.299 e. The molecule has 1 amide bonds. The topological polar surface area (TPSA) is 127 Å². The van der Waals surface area contributed by atoms with Crippen LogP contribution in [0.4, 0.5) is 17.1 Å². The summed E-state index contributed by atoms with van der Waals surface area (Å²) in [4.78, 5) is 33.6. The summed E-state index contributed by atoms with van der Waals surface area (Å²) in [7, 11) is 0. The molecule has 0 aliphatic rings. The van der Waals surface area contributed by atoms with Gasteiger partial charge >= 0.3 is 0 Å². The molecule has 1 atom stereocenters.